The van der Waals surface area contributed by atoms with Crippen molar-refractivity contribution in [1.29, 1.82) is 0 Å². The Morgan fingerprint density at radius 3 is 2.78 bits per heavy atom. The number of aliphatic imine (C=N–C) groups is 1. The Balaban J connectivity index is 1.98. The van der Waals surface area contributed by atoms with Crippen LogP contribution in [0.4, 0.5) is 0 Å². The molecule has 0 amide bonds. The van der Waals surface area contributed by atoms with Gasteiger partial charge in [0.25, 0.3) is 0 Å². The van der Waals surface area contributed by atoms with Gasteiger partial charge in [0.15, 0.2) is 5.96 Å². The van der Waals surface area contributed by atoms with E-state index in [0.717, 1.165) is 46.8 Å². The van der Waals surface area contributed by atoms with Gasteiger partial charge in [-0.15, -0.1) is 11.3 Å². The molecule has 5 nitrogen and oxygen atoms in total. The highest BCUT2D eigenvalue weighted by atomic mass is 35.5. The van der Waals surface area contributed by atoms with Crippen LogP contribution in [0.15, 0.2) is 21.6 Å². The van der Waals surface area contributed by atoms with E-state index in [4.69, 9.17) is 21.1 Å². The second kappa shape index (κ2) is 8.36. The maximum atomic E-state index is 5.99. The van der Waals surface area contributed by atoms with Crippen LogP contribution in [0.5, 0.6) is 0 Å². The summed E-state index contributed by atoms with van der Waals surface area (Å²) in [6.45, 7) is 8.29. The van der Waals surface area contributed by atoms with Gasteiger partial charge in [-0.2, -0.15) is 0 Å². The van der Waals surface area contributed by atoms with Crippen LogP contribution in [0.1, 0.15) is 28.8 Å². The van der Waals surface area contributed by atoms with Crippen molar-refractivity contribution in [2.24, 2.45) is 4.99 Å². The Morgan fingerprint density at radius 2 is 2.22 bits per heavy atom. The van der Waals surface area contributed by atoms with E-state index >= 15 is 0 Å². The zero-order chi connectivity index (χ0) is 16.8. The van der Waals surface area contributed by atoms with Gasteiger partial charge in [-0.25, -0.2) is 0 Å². The lowest BCUT2D eigenvalue weighted by Crippen LogP contribution is -2.38. The maximum Gasteiger partial charge on any atom is 0.193 e. The third kappa shape index (κ3) is 4.97. The number of rotatable bonds is 6. The van der Waals surface area contributed by atoms with Gasteiger partial charge in [-0.3, -0.25) is 4.99 Å². The van der Waals surface area contributed by atoms with Crippen molar-refractivity contribution in [3.8, 4) is 0 Å². The zero-order valence-electron chi connectivity index (χ0n) is 14.0. The average Bonchev–Trinajstić information content (AvgIpc) is 3.05. The number of hydrogen-bond donors (Lipinski definition) is 1. The Bertz CT molecular complexity index is 645. The van der Waals surface area contributed by atoms with E-state index in [-0.39, 0.29) is 0 Å². The van der Waals surface area contributed by atoms with Crippen molar-refractivity contribution >= 4 is 28.9 Å². The van der Waals surface area contributed by atoms with E-state index in [1.165, 1.54) is 4.88 Å². The lowest BCUT2D eigenvalue weighted by molar-refractivity contribution is 0.392. The molecular weight excluding hydrogens is 332 g/mol. The minimum absolute atomic E-state index is 0.695. The molecule has 2 aromatic rings. The van der Waals surface area contributed by atoms with Crippen molar-refractivity contribution in [2.45, 2.75) is 33.7 Å². The Kier molecular flexibility index (Phi) is 6.47. The SMILES string of the molecule is CCNC(=NCCc1c(C)noc1C)N(C)Cc1ccc(Cl)s1. The summed E-state index contributed by atoms with van der Waals surface area (Å²) in [6, 6.07) is 3.98. The van der Waals surface area contributed by atoms with E-state index in [9.17, 15) is 0 Å². The molecule has 0 aromatic carbocycles. The average molecular weight is 355 g/mol. The monoisotopic (exact) mass is 354 g/mol. The standard InChI is InChI=1S/C16H23ClN4OS/c1-5-18-16(21(4)10-13-6-7-15(17)23-13)19-9-8-14-11(2)20-22-12(14)3/h6-7H,5,8-10H2,1-4H3,(H,18,19). The zero-order valence-corrected chi connectivity index (χ0v) is 15.6. The fourth-order valence-corrected chi connectivity index (χ4v) is 3.49. The van der Waals surface area contributed by atoms with E-state index in [1.807, 2.05) is 27.0 Å². The lowest BCUT2D eigenvalue weighted by atomic mass is 10.1. The van der Waals surface area contributed by atoms with Gasteiger partial charge in [-0.05, 0) is 39.3 Å². The highest BCUT2D eigenvalue weighted by Gasteiger charge is 2.10. The first-order valence-corrected chi connectivity index (χ1v) is 8.86. The molecule has 0 radical (unpaired) electrons. The molecule has 0 aliphatic rings. The molecule has 0 saturated carbocycles. The summed E-state index contributed by atoms with van der Waals surface area (Å²) in [5.41, 5.74) is 2.10. The van der Waals surface area contributed by atoms with Crippen molar-refractivity contribution < 1.29 is 4.52 Å². The normalized spacial score (nSPS) is 11.8. The molecule has 0 saturated heterocycles. The maximum absolute atomic E-state index is 5.99. The van der Waals surface area contributed by atoms with Crippen LogP contribution in [-0.4, -0.2) is 36.2 Å². The fourth-order valence-electron chi connectivity index (χ4n) is 2.35. The van der Waals surface area contributed by atoms with Crippen LogP contribution in [0.25, 0.3) is 0 Å². The summed E-state index contributed by atoms with van der Waals surface area (Å²) in [5.74, 6) is 1.77. The topological polar surface area (TPSA) is 53.7 Å². The summed E-state index contributed by atoms with van der Waals surface area (Å²) in [5, 5.41) is 7.31. The van der Waals surface area contributed by atoms with Crippen LogP contribution < -0.4 is 5.32 Å². The second-order valence-electron chi connectivity index (χ2n) is 5.35. The van der Waals surface area contributed by atoms with Crippen molar-refractivity contribution in [3.63, 3.8) is 0 Å². The second-order valence-corrected chi connectivity index (χ2v) is 7.15. The van der Waals surface area contributed by atoms with E-state index in [2.05, 4.69) is 28.4 Å². The van der Waals surface area contributed by atoms with Crippen LogP contribution in [-0.2, 0) is 13.0 Å². The molecule has 0 fully saturated rings. The number of aryl methyl sites for hydroxylation is 2. The first-order valence-electron chi connectivity index (χ1n) is 7.66. The van der Waals surface area contributed by atoms with Crippen molar-refractivity contribution in [2.75, 3.05) is 20.1 Å². The minimum Gasteiger partial charge on any atom is -0.361 e. The van der Waals surface area contributed by atoms with Crippen LogP contribution in [0, 0.1) is 13.8 Å². The minimum atomic E-state index is 0.695. The Hall–Kier alpha value is -1.53. The van der Waals surface area contributed by atoms with E-state index in [0.29, 0.717) is 6.54 Å². The summed E-state index contributed by atoms with van der Waals surface area (Å²) < 4.78 is 6.01. The number of aromatic nitrogens is 1. The van der Waals surface area contributed by atoms with Gasteiger partial charge in [0.05, 0.1) is 16.6 Å². The van der Waals surface area contributed by atoms with Gasteiger partial charge >= 0.3 is 0 Å². The summed E-state index contributed by atoms with van der Waals surface area (Å²) >= 11 is 7.59. The highest BCUT2D eigenvalue weighted by Crippen LogP contribution is 2.22. The first kappa shape index (κ1) is 17.8. The Morgan fingerprint density at radius 1 is 1.43 bits per heavy atom. The summed E-state index contributed by atoms with van der Waals surface area (Å²) in [4.78, 5) is 8.03. The number of nitrogens with one attached hydrogen (secondary N) is 1. The molecular formula is C16H23ClN4OS. The summed E-state index contributed by atoms with van der Waals surface area (Å²) in [6.07, 6.45) is 0.828. The molecule has 0 unspecified atom stereocenters. The predicted octanol–water partition coefficient (Wildman–Crippen LogP) is 3.65. The molecule has 0 bridgehead atoms. The third-order valence-corrected chi connectivity index (χ3v) is 4.74. The number of guanidine groups is 1. The van der Waals surface area contributed by atoms with Gasteiger partial charge in [0.2, 0.25) is 0 Å². The predicted molar refractivity (Wildman–Crippen MR) is 96.5 cm³/mol. The molecule has 0 atom stereocenters. The molecule has 126 valence electrons. The smallest absolute Gasteiger partial charge is 0.193 e. The number of thiophene rings is 1. The number of hydrogen-bond acceptors (Lipinski definition) is 4. The van der Waals surface area contributed by atoms with Crippen molar-refractivity contribution in [1.82, 2.24) is 15.4 Å². The van der Waals surface area contributed by atoms with Gasteiger partial charge < -0.3 is 14.7 Å². The number of nitrogens with zero attached hydrogens (tertiary/aromatic N) is 3. The highest BCUT2D eigenvalue weighted by molar-refractivity contribution is 7.16. The van der Waals surface area contributed by atoms with Crippen LogP contribution in [0.3, 0.4) is 0 Å². The lowest BCUT2D eigenvalue weighted by Gasteiger charge is -2.21. The molecule has 0 aliphatic heterocycles. The molecule has 0 aliphatic carbocycles. The van der Waals surface area contributed by atoms with Crippen LogP contribution in [0.2, 0.25) is 4.34 Å². The molecule has 1 N–H and O–H groups in total. The largest absolute Gasteiger partial charge is 0.361 e. The molecule has 2 rings (SSSR count). The molecule has 2 heterocycles. The fraction of sp³-hybridized carbons (Fsp3) is 0.500. The Labute approximate surface area is 146 Å². The summed E-state index contributed by atoms with van der Waals surface area (Å²) in [7, 11) is 2.03. The van der Waals surface area contributed by atoms with E-state index < -0.39 is 0 Å². The van der Waals surface area contributed by atoms with Gasteiger partial charge in [0, 0.05) is 30.6 Å². The van der Waals surface area contributed by atoms with Crippen molar-refractivity contribution in [3.05, 3.63) is 38.4 Å². The molecule has 0 spiro atoms. The van der Waals surface area contributed by atoms with E-state index in [1.54, 1.807) is 11.3 Å². The van der Waals surface area contributed by atoms with Gasteiger partial charge in [0.1, 0.15) is 5.76 Å². The third-order valence-electron chi connectivity index (χ3n) is 3.52. The first-order chi connectivity index (χ1) is 11.0. The number of halogens is 1. The molecule has 23 heavy (non-hydrogen) atoms. The quantitative estimate of drug-likeness (QED) is 0.635. The van der Waals surface area contributed by atoms with Crippen LogP contribution >= 0.6 is 22.9 Å². The molecule has 2 aromatic heterocycles. The molecule has 7 heteroatoms. The van der Waals surface area contributed by atoms with Gasteiger partial charge in [-0.1, -0.05) is 16.8 Å².